The van der Waals surface area contributed by atoms with Crippen molar-refractivity contribution in [3.05, 3.63) is 0 Å². The van der Waals surface area contributed by atoms with Gasteiger partial charge >= 0.3 is 0 Å². The van der Waals surface area contributed by atoms with Crippen LogP contribution in [0.25, 0.3) is 0 Å². The van der Waals surface area contributed by atoms with E-state index in [9.17, 15) is 5.11 Å². The van der Waals surface area contributed by atoms with Crippen LogP contribution in [0.5, 0.6) is 0 Å². The standard InChI is InChI=1S/C14H22O3/c1-12(2)4-8-9(5-12)13(3)6-10-16-11(8)14(15,7-13)17-10/h8-11,15H,4-7H2,1-3H3/t8-,9+,10-,11+,13+,14-/m1/s1. The summed E-state index contributed by atoms with van der Waals surface area (Å²) >= 11 is 0. The summed E-state index contributed by atoms with van der Waals surface area (Å²) in [5.74, 6) is 0.206. The summed E-state index contributed by atoms with van der Waals surface area (Å²) in [6.45, 7) is 7.02. The fourth-order valence-electron chi connectivity index (χ4n) is 5.27. The van der Waals surface area contributed by atoms with E-state index in [1.807, 2.05) is 0 Å². The maximum Gasteiger partial charge on any atom is 0.196 e. The fraction of sp³-hybridized carbons (Fsp3) is 1.00. The first-order valence-electron chi connectivity index (χ1n) is 6.87. The predicted molar refractivity (Wildman–Crippen MR) is 62.0 cm³/mol. The molecule has 2 heterocycles. The van der Waals surface area contributed by atoms with E-state index in [0.717, 1.165) is 19.3 Å². The molecule has 4 rings (SSSR count). The van der Waals surface area contributed by atoms with E-state index in [1.54, 1.807) is 0 Å². The van der Waals surface area contributed by atoms with Gasteiger partial charge in [-0.3, -0.25) is 0 Å². The van der Waals surface area contributed by atoms with Crippen LogP contribution in [0.3, 0.4) is 0 Å². The van der Waals surface area contributed by atoms with Crippen LogP contribution < -0.4 is 0 Å². The minimum atomic E-state index is -0.987. The third kappa shape index (κ3) is 1.23. The molecule has 0 aromatic carbocycles. The summed E-state index contributed by atoms with van der Waals surface area (Å²) in [5.41, 5.74) is 0.601. The quantitative estimate of drug-likeness (QED) is 0.703. The molecule has 3 heteroatoms. The van der Waals surface area contributed by atoms with Gasteiger partial charge in [0.25, 0.3) is 0 Å². The van der Waals surface area contributed by atoms with E-state index in [0.29, 0.717) is 17.3 Å². The molecule has 0 aromatic rings. The van der Waals surface area contributed by atoms with E-state index in [2.05, 4.69) is 20.8 Å². The lowest BCUT2D eigenvalue weighted by Gasteiger charge is -2.51. The third-order valence-corrected chi connectivity index (χ3v) is 5.73. The minimum Gasteiger partial charge on any atom is -0.363 e. The maximum atomic E-state index is 10.6. The van der Waals surface area contributed by atoms with Crippen molar-refractivity contribution in [3.8, 4) is 0 Å². The second-order valence-corrected chi connectivity index (χ2v) is 7.83. The number of fused-ring (bicyclic) bond motifs is 5. The first-order chi connectivity index (χ1) is 7.81. The highest BCUT2D eigenvalue weighted by Gasteiger charge is 2.69. The number of ether oxygens (including phenoxy) is 2. The third-order valence-electron chi connectivity index (χ3n) is 5.73. The summed E-state index contributed by atoms with van der Waals surface area (Å²) in [4.78, 5) is 0. The van der Waals surface area contributed by atoms with E-state index < -0.39 is 5.79 Å². The molecular formula is C14H22O3. The van der Waals surface area contributed by atoms with E-state index in [-0.39, 0.29) is 17.8 Å². The SMILES string of the molecule is CC1(C)C[C@@H]2[C@H](C1)[C@@]1(C)C[C@@H]3O[C@@H]2[C@@](O)(C1)O3. The van der Waals surface area contributed by atoms with Gasteiger partial charge in [-0.1, -0.05) is 20.8 Å². The zero-order valence-corrected chi connectivity index (χ0v) is 10.9. The molecule has 3 bridgehead atoms. The molecule has 6 atom stereocenters. The van der Waals surface area contributed by atoms with Gasteiger partial charge in [0.2, 0.25) is 0 Å². The Labute approximate surface area is 102 Å². The molecule has 17 heavy (non-hydrogen) atoms. The highest BCUT2D eigenvalue weighted by Crippen LogP contribution is 2.67. The van der Waals surface area contributed by atoms with E-state index >= 15 is 0 Å². The lowest BCUT2D eigenvalue weighted by atomic mass is 9.59. The lowest BCUT2D eigenvalue weighted by molar-refractivity contribution is -0.279. The molecule has 4 aliphatic rings. The Morgan fingerprint density at radius 2 is 1.88 bits per heavy atom. The highest BCUT2D eigenvalue weighted by molar-refractivity contribution is 5.13. The molecule has 0 amide bonds. The van der Waals surface area contributed by atoms with E-state index in [4.69, 9.17) is 9.47 Å². The van der Waals surface area contributed by atoms with Crippen LogP contribution >= 0.6 is 0 Å². The van der Waals surface area contributed by atoms with Gasteiger partial charge in [0, 0.05) is 12.8 Å². The molecule has 1 N–H and O–H groups in total. The molecule has 2 aliphatic carbocycles. The summed E-state index contributed by atoms with van der Waals surface area (Å²) in [6.07, 6.45) is 3.93. The molecule has 3 nitrogen and oxygen atoms in total. The van der Waals surface area contributed by atoms with Crippen LogP contribution in [0.15, 0.2) is 0 Å². The van der Waals surface area contributed by atoms with Gasteiger partial charge in [-0.2, -0.15) is 0 Å². The van der Waals surface area contributed by atoms with Crippen molar-refractivity contribution in [3.63, 3.8) is 0 Å². The van der Waals surface area contributed by atoms with Crippen LogP contribution in [0.2, 0.25) is 0 Å². The number of hydrogen-bond donors (Lipinski definition) is 1. The lowest BCUT2D eigenvalue weighted by Crippen LogP contribution is -2.57. The molecule has 2 saturated carbocycles. The molecule has 4 fully saturated rings. The van der Waals surface area contributed by atoms with Gasteiger partial charge in [0.15, 0.2) is 12.1 Å². The van der Waals surface area contributed by atoms with Gasteiger partial charge in [-0.05, 0) is 35.5 Å². The van der Waals surface area contributed by atoms with Crippen molar-refractivity contribution < 1.29 is 14.6 Å². The molecule has 0 aromatic heterocycles. The smallest absolute Gasteiger partial charge is 0.196 e. The van der Waals surface area contributed by atoms with Gasteiger partial charge in [-0.15, -0.1) is 0 Å². The number of aliphatic hydroxyl groups is 1. The molecule has 2 saturated heterocycles. The van der Waals surface area contributed by atoms with Gasteiger partial charge in [0.05, 0.1) is 0 Å². The molecule has 0 spiro atoms. The van der Waals surface area contributed by atoms with Crippen molar-refractivity contribution in [2.24, 2.45) is 22.7 Å². The van der Waals surface area contributed by atoms with Crippen LogP contribution in [0, 0.1) is 22.7 Å². The zero-order chi connectivity index (χ0) is 12.1. The Bertz CT molecular complexity index is 380. The van der Waals surface area contributed by atoms with Crippen molar-refractivity contribution in [2.45, 2.75) is 64.6 Å². The number of hydrogen-bond acceptors (Lipinski definition) is 3. The van der Waals surface area contributed by atoms with Crippen molar-refractivity contribution in [2.75, 3.05) is 0 Å². The average Bonchev–Trinajstić information content (AvgIpc) is 2.57. The fourth-order valence-corrected chi connectivity index (χ4v) is 5.27. The molecule has 0 unspecified atom stereocenters. The topological polar surface area (TPSA) is 38.7 Å². The Morgan fingerprint density at radius 1 is 1.12 bits per heavy atom. The van der Waals surface area contributed by atoms with E-state index in [1.165, 1.54) is 6.42 Å². The highest BCUT2D eigenvalue weighted by atomic mass is 16.8. The van der Waals surface area contributed by atoms with Gasteiger partial charge in [0.1, 0.15) is 6.10 Å². The average molecular weight is 238 g/mol. The molecular weight excluding hydrogens is 216 g/mol. The van der Waals surface area contributed by atoms with Crippen molar-refractivity contribution in [1.29, 1.82) is 0 Å². The predicted octanol–water partition coefficient (Wildman–Crippen LogP) is 2.28. The van der Waals surface area contributed by atoms with Crippen LogP contribution in [0.1, 0.15) is 46.5 Å². The van der Waals surface area contributed by atoms with Crippen molar-refractivity contribution >= 4 is 0 Å². The second-order valence-electron chi connectivity index (χ2n) is 7.83. The summed E-state index contributed by atoms with van der Waals surface area (Å²) in [6, 6.07) is 0. The zero-order valence-electron chi connectivity index (χ0n) is 10.9. The second kappa shape index (κ2) is 2.73. The first-order valence-corrected chi connectivity index (χ1v) is 6.87. The van der Waals surface area contributed by atoms with Gasteiger partial charge in [-0.25, -0.2) is 0 Å². The summed E-state index contributed by atoms with van der Waals surface area (Å²) in [7, 11) is 0. The number of rotatable bonds is 0. The molecule has 96 valence electrons. The Morgan fingerprint density at radius 3 is 2.65 bits per heavy atom. The maximum absolute atomic E-state index is 10.6. The normalized spacial score (nSPS) is 62.8. The Balaban J connectivity index is 1.81. The summed E-state index contributed by atoms with van der Waals surface area (Å²) in [5, 5.41) is 10.6. The largest absolute Gasteiger partial charge is 0.363 e. The monoisotopic (exact) mass is 238 g/mol. The molecule has 0 radical (unpaired) electrons. The van der Waals surface area contributed by atoms with Crippen LogP contribution in [0.4, 0.5) is 0 Å². The van der Waals surface area contributed by atoms with Crippen LogP contribution in [-0.4, -0.2) is 23.3 Å². The first kappa shape index (κ1) is 10.8. The Hall–Kier alpha value is -0.120. The van der Waals surface area contributed by atoms with Crippen molar-refractivity contribution in [1.82, 2.24) is 0 Å². The minimum absolute atomic E-state index is 0.0742. The van der Waals surface area contributed by atoms with Gasteiger partial charge < -0.3 is 14.6 Å². The Kier molecular flexibility index (Phi) is 1.73. The molecule has 2 aliphatic heterocycles. The summed E-state index contributed by atoms with van der Waals surface area (Å²) < 4.78 is 11.7. The van der Waals surface area contributed by atoms with Crippen LogP contribution in [-0.2, 0) is 9.47 Å².